The lowest BCUT2D eigenvalue weighted by Gasteiger charge is -2.26. The number of benzene rings is 2. The van der Waals surface area contributed by atoms with Crippen molar-refractivity contribution in [3.63, 3.8) is 0 Å². The number of fused-ring (bicyclic) bond motifs is 2. The molecule has 4 aromatic heterocycles. The van der Waals surface area contributed by atoms with Gasteiger partial charge in [-0.2, -0.15) is 0 Å². The van der Waals surface area contributed by atoms with Gasteiger partial charge in [0.15, 0.2) is 46.4 Å². The zero-order valence-corrected chi connectivity index (χ0v) is 44.7. The lowest BCUT2D eigenvalue weighted by Crippen LogP contribution is -2.56. The number of carbonyl (C=O) groups excluding carboxylic acids is 3. The lowest BCUT2D eigenvalue weighted by molar-refractivity contribution is -0.125. The first-order chi connectivity index (χ1) is 37.7. The summed E-state index contributed by atoms with van der Waals surface area (Å²) in [5.74, 6) is 6.05. The van der Waals surface area contributed by atoms with Gasteiger partial charge in [0.25, 0.3) is 0 Å². The minimum atomic E-state index is -1.30. The van der Waals surface area contributed by atoms with Crippen molar-refractivity contribution in [2.45, 2.75) is 100 Å². The average Bonchev–Trinajstić information content (AvgIpc) is 4.22. The quantitative estimate of drug-likeness (QED) is 0.0494. The first-order valence-corrected chi connectivity index (χ1v) is 25.0. The zero-order chi connectivity index (χ0) is 57.1. The van der Waals surface area contributed by atoms with Crippen LogP contribution in [0.2, 0.25) is 0 Å². The standard InChI is InChI=1S/C29H37N7O7.C24H29N7O5/c1-7-12-41-18-10-8-17(9-11-18)13-19(33-28(40)43-29(2,3)4)26(39)34-21-20(14-37)42-27(23(21)38)36-16-32-22-24(35(5)6)30-15-31-25(22)36;1-4-9-35-15-7-5-14(6-8-15)10-16(25)23(34)29-18-17(11-32)36-24(20(18)33)31-13-28-19-21(30(2)3)26-12-27-22(19)31/h1,8-11,15-16,19-21,23,27,37-38H,12-14H2,2-6H3,(H,33,40)(H,34,39);1,5-8,12-13,16-18,20,24,32-33H,9-11,25H2,2-3H3,(H,29,34)/t19-,20+,21?,23-,27+;16-,17+,18?,20-,24+/m00/s1. The maximum atomic E-state index is 13.6. The van der Waals surface area contributed by atoms with Crippen molar-refractivity contribution in [1.29, 1.82) is 0 Å². The Balaban J connectivity index is 0.000000232. The fraction of sp³-hybridized carbons (Fsp3) is 0.453. The molecule has 0 radical (unpaired) electrons. The number of ether oxygens (including phenoxy) is 5. The third kappa shape index (κ3) is 14.1. The Bertz CT molecular complexity index is 3120. The second kappa shape index (κ2) is 26.0. The Labute approximate surface area is 455 Å². The van der Waals surface area contributed by atoms with Gasteiger partial charge < -0.3 is 75.6 Å². The fourth-order valence-electron chi connectivity index (χ4n) is 8.79. The molecule has 3 amide bonds. The largest absolute Gasteiger partial charge is 0.481 e. The molecule has 2 aromatic carbocycles. The number of aromatic nitrogens is 8. The Morgan fingerprint density at radius 2 is 1.13 bits per heavy atom. The summed E-state index contributed by atoms with van der Waals surface area (Å²) in [5, 5.41) is 50.5. The minimum absolute atomic E-state index is 0.0910. The minimum Gasteiger partial charge on any atom is -0.481 e. The molecule has 420 valence electrons. The molecule has 6 heterocycles. The number of hydrogen-bond donors (Lipinski definition) is 8. The highest BCUT2D eigenvalue weighted by atomic mass is 16.6. The van der Waals surface area contributed by atoms with Gasteiger partial charge in [0.2, 0.25) is 11.8 Å². The third-order valence-electron chi connectivity index (χ3n) is 12.5. The topological polar surface area (TPSA) is 334 Å². The van der Waals surface area contributed by atoms with Crippen LogP contribution in [0.25, 0.3) is 22.3 Å². The van der Waals surface area contributed by atoms with Crippen LogP contribution in [-0.2, 0) is 36.6 Å². The first-order valence-electron chi connectivity index (χ1n) is 25.0. The summed E-state index contributed by atoms with van der Waals surface area (Å²) in [7, 11) is 7.30. The number of hydrogen-bond acceptors (Lipinski definition) is 21. The molecule has 6 aromatic rings. The summed E-state index contributed by atoms with van der Waals surface area (Å²) in [6.45, 7) is 4.49. The van der Waals surface area contributed by atoms with E-state index in [1.807, 2.05) is 28.2 Å². The molecule has 26 heteroatoms. The Hall–Kier alpha value is -8.21. The maximum absolute atomic E-state index is 13.6. The van der Waals surface area contributed by atoms with Crippen LogP contribution in [0.4, 0.5) is 16.4 Å². The molecule has 0 aliphatic carbocycles. The van der Waals surface area contributed by atoms with E-state index in [0.717, 1.165) is 5.56 Å². The summed E-state index contributed by atoms with van der Waals surface area (Å²) in [5.41, 5.74) is 8.76. The normalized spacial score (nSPS) is 21.4. The highest BCUT2D eigenvalue weighted by Gasteiger charge is 2.48. The van der Waals surface area contributed by atoms with Crippen molar-refractivity contribution in [2.24, 2.45) is 5.73 Å². The number of nitrogens with two attached hydrogens (primary N) is 1. The van der Waals surface area contributed by atoms with Crippen molar-refractivity contribution in [3.8, 4) is 36.2 Å². The second-order valence-corrected chi connectivity index (χ2v) is 19.9. The molecular formula is C53H66N14O12. The van der Waals surface area contributed by atoms with Gasteiger partial charge in [-0.25, -0.2) is 34.7 Å². The van der Waals surface area contributed by atoms with E-state index in [1.54, 1.807) is 83.7 Å². The average molecular weight is 1090 g/mol. The van der Waals surface area contributed by atoms with Crippen molar-refractivity contribution >= 4 is 51.9 Å². The molecule has 0 spiro atoms. The maximum Gasteiger partial charge on any atom is 0.408 e. The number of terminal acetylenes is 2. The van der Waals surface area contributed by atoms with Gasteiger partial charge in [-0.05, 0) is 62.6 Å². The van der Waals surface area contributed by atoms with E-state index in [2.05, 4.69) is 57.7 Å². The summed E-state index contributed by atoms with van der Waals surface area (Å²) >= 11 is 0. The van der Waals surface area contributed by atoms with Gasteiger partial charge in [0.1, 0.15) is 73.4 Å². The van der Waals surface area contributed by atoms with E-state index < -0.39 is 97.8 Å². The number of aliphatic hydroxyl groups is 4. The number of rotatable bonds is 19. The molecule has 2 unspecified atom stereocenters. The molecule has 0 bridgehead atoms. The van der Waals surface area contributed by atoms with Crippen LogP contribution < -0.4 is 41.0 Å². The predicted molar refractivity (Wildman–Crippen MR) is 287 cm³/mol. The van der Waals surface area contributed by atoms with E-state index in [1.165, 1.54) is 29.9 Å². The molecule has 10 atom stereocenters. The van der Waals surface area contributed by atoms with E-state index in [-0.39, 0.29) is 26.1 Å². The van der Waals surface area contributed by atoms with Gasteiger partial charge >= 0.3 is 6.09 Å². The van der Waals surface area contributed by atoms with Gasteiger partial charge in [0, 0.05) is 34.6 Å². The van der Waals surface area contributed by atoms with Crippen molar-refractivity contribution in [1.82, 2.24) is 55.0 Å². The summed E-state index contributed by atoms with van der Waals surface area (Å²) in [4.78, 5) is 68.6. The van der Waals surface area contributed by atoms with Crippen LogP contribution in [0.1, 0.15) is 44.4 Å². The Morgan fingerprint density at radius 1 is 0.696 bits per heavy atom. The fourth-order valence-corrected chi connectivity index (χ4v) is 8.79. The van der Waals surface area contributed by atoms with E-state index in [9.17, 15) is 34.8 Å². The second-order valence-electron chi connectivity index (χ2n) is 19.9. The van der Waals surface area contributed by atoms with Gasteiger partial charge in [0.05, 0.1) is 44.0 Å². The van der Waals surface area contributed by atoms with Crippen molar-refractivity contribution in [2.75, 3.05) is 64.4 Å². The zero-order valence-electron chi connectivity index (χ0n) is 44.7. The number of anilines is 2. The molecule has 2 aliphatic rings. The number of alkyl carbamates (subject to hydrolysis) is 1. The van der Waals surface area contributed by atoms with Crippen LogP contribution >= 0.6 is 0 Å². The van der Waals surface area contributed by atoms with Crippen molar-refractivity contribution < 1.29 is 58.5 Å². The molecule has 26 nitrogen and oxygen atoms in total. The highest BCUT2D eigenvalue weighted by Crippen LogP contribution is 2.34. The molecule has 2 saturated heterocycles. The summed E-state index contributed by atoms with van der Waals surface area (Å²) in [6.07, 6.45) is 9.43. The number of carbonyl (C=O) groups is 3. The molecule has 2 fully saturated rings. The summed E-state index contributed by atoms with van der Waals surface area (Å²) in [6, 6.07) is 10.1. The Morgan fingerprint density at radius 3 is 1.53 bits per heavy atom. The molecular weight excluding hydrogens is 1020 g/mol. The molecule has 79 heavy (non-hydrogen) atoms. The van der Waals surface area contributed by atoms with Crippen LogP contribution in [0.5, 0.6) is 11.5 Å². The summed E-state index contributed by atoms with van der Waals surface area (Å²) < 4.78 is 31.1. The number of nitrogens with one attached hydrogen (secondary N) is 3. The molecule has 2 aliphatic heterocycles. The number of imidazole rings is 2. The number of aliphatic hydroxyl groups excluding tert-OH is 4. The van der Waals surface area contributed by atoms with E-state index in [0.29, 0.717) is 51.0 Å². The smallest absolute Gasteiger partial charge is 0.408 e. The molecule has 9 N–H and O–H groups in total. The predicted octanol–water partition coefficient (Wildman–Crippen LogP) is -0.0146. The van der Waals surface area contributed by atoms with Gasteiger partial charge in [-0.1, -0.05) is 36.1 Å². The monoisotopic (exact) mass is 1090 g/mol. The van der Waals surface area contributed by atoms with Crippen LogP contribution in [0.15, 0.2) is 73.8 Å². The van der Waals surface area contributed by atoms with E-state index >= 15 is 0 Å². The van der Waals surface area contributed by atoms with Gasteiger partial charge in [-0.3, -0.25) is 18.7 Å². The third-order valence-corrected chi connectivity index (χ3v) is 12.5. The van der Waals surface area contributed by atoms with Crippen molar-refractivity contribution in [3.05, 3.63) is 85.0 Å². The lowest BCUT2D eigenvalue weighted by atomic mass is 10.0. The molecule has 0 saturated carbocycles. The van der Waals surface area contributed by atoms with Crippen LogP contribution in [0, 0.1) is 24.7 Å². The Kier molecular flexibility index (Phi) is 19.2. The van der Waals surface area contributed by atoms with E-state index in [4.69, 9.17) is 42.3 Å². The first kappa shape index (κ1) is 58.5. The number of amides is 3. The SMILES string of the molecule is C#CCOc1ccc(C[C@H](N)C(=O)NC2[C@@H](CO)O[C@@H](n3cnc4c(N(C)C)ncnc43)[C@H]2O)cc1.C#CCOc1ccc(C[C@H](NC(=O)OC(C)(C)C)C(=O)NC2[C@@H](CO)O[C@@H](n3cnc4c(N(C)C)ncnc43)[C@H]2O)cc1. The molecule has 8 rings (SSSR count). The number of nitrogens with zero attached hydrogens (tertiary/aromatic N) is 10. The highest BCUT2D eigenvalue weighted by molar-refractivity contribution is 5.87. The van der Waals surface area contributed by atoms with Crippen LogP contribution in [0.3, 0.4) is 0 Å². The van der Waals surface area contributed by atoms with Crippen LogP contribution in [-0.4, -0.2) is 186 Å². The van der Waals surface area contributed by atoms with Gasteiger partial charge in [-0.15, -0.1) is 12.8 Å².